The summed E-state index contributed by atoms with van der Waals surface area (Å²) in [6.45, 7) is 0.361. The number of thiocarbonyl (C=S) groups is 1. The van der Waals surface area contributed by atoms with Crippen LogP contribution >= 0.6 is 39.9 Å². The van der Waals surface area contributed by atoms with E-state index in [-0.39, 0.29) is 22.9 Å². The van der Waals surface area contributed by atoms with E-state index >= 15 is 0 Å². The first-order valence-corrected chi connectivity index (χ1v) is 12.3. The topological polar surface area (TPSA) is 63.9 Å². The van der Waals surface area contributed by atoms with Gasteiger partial charge in [-0.2, -0.15) is 4.98 Å². The van der Waals surface area contributed by atoms with E-state index in [4.69, 9.17) is 17.0 Å². The molecule has 2 aromatic carbocycles. The highest BCUT2D eigenvalue weighted by Gasteiger charge is 2.32. The predicted octanol–water partition coefficient (Wildman–Crippen LogP) is 5.65. The Hall–Kier alpha value is -3.27. The van der Waals surface area contributed by atoms with Crippen molar-refractivity contribution in [3.8, 4) is 11.6 Å². The third-order valence-corrected chi connectivity index (χ3v) is 7.00. The molecule has 0 atom stereocenters. The molecule has 0 spiro atoms. The summed E-state index contributed by atoms with van der Waals surface area (Å²) in [4.78, 5) is 33.0. The van der Waals surface area contributed by atoms with Gasteiger partial charge in [-0.3, -0.25) is 18.9 Å². The van der Waals surface area contributed by atoms with Crippen LogP contribution in [0.1, 0.15) is 11.1 Å². The maximum atomic E-state index is 13.4. The second kappa shape index (κ2) is 9.54. The first-order valence-electron chi connectivity index (χ1n) is 10.2. The lowest BCUT2D eigenvalue weighted by molar-refractivity contribution is -0.122. The Labute approximate surface area is 213 Å². The van der Waals surface area contributed by atoms with Crippen molar-refractivity contribution in [3.05, 3.63) is 110 Å². The highest BCUT2D eigenvalue weighted by Crippen LogP contribution is 2.35. The minimum atomic E-state index is -0.342. The standard InChI is InChI=1S/C25H16BrN3O3S2/c26-17-9-11-18(12-10-17)32-22-19(23(30)28-13-5-4-8-21(28)27-22)14-20-24(31)29(25(33)34-20)15-16-6-2-1-3-7-16/h1-14H,15H2. The van der Waals surface area contributed by atoms with E-state index in [9.17, 15) is 9.59 Å². The van der Waals surface area contributed by atoms with Gasteiger partial charge >= 0.3 is 0 Å². The van der Waals surface area contributed by atoms with Crippen molar-refractivity contribution in [3.63, 3.8) is 0 Å². The smallest absolute Gasteiger partial charge is 0.269 e. The Morgan fingerprint density at radius 2 is 1.74 bits per heavy atom. The van der Waals surface area contributed by atoms with Crippen LogP contribution in [0.25, 0.3) is 11.7 Å². The monoisotopic (exact) mass is 549 g/mol. The van der Waals surface area contributed by atoms with Crippen LogP contribution in [0.4, 0.5) is 0 Å². The van der Waals surface area contributed by atoms with Gasteiger partial charge in [-0.25, -0.2) is 0 Å². The molecular weight excluding hydrogens is 534 g/mol. The van der Waals surface area contributed by atoms with Gasteiger partial charge in [-0.05, 0) is 48.0 Å². The number of hydrogen-bond acceptors (Lipinski definition) is 6. The first-order chi connectivity index (χ1) is 16.5. The van der Waals surface area contributed by atoms with Crippen LogP contribution in [0.2, 0.25) is 0 Å². The molecule has 0 radical (unpaired) electrons. The molecule has 1 aliphatic rings. The molecule has 168 valence electrons. The fraction of sp³-hybridized carbons (Fsp3) is 0.0400. The molecule has 9 heteroatoms. The first kappa shape index (κ1) is 22.5. The van der Waals surface area contributed by atoms with Crippen molar-refractivity contribution >= 4 is 61.9 Å². The minimum Gasteiger partial charge on any atom is -0.438 e. The lowest BCUT2D eigenvalue weighted by Gasteiger charge is -2.14. The number of pyridine rings is 1. The average Bonchev–Trinajstić information content (AvgIpc) is 3.11. The second-order valence-corrected chi connectivity index (χ2v) is 9.97. The number of carbonyl (C=O) groups excluding carboxylic acids is 1. The Balaban J connectivity index is 1.56. The number of ether oxygens (including phenoxy) is 1. The highest BCUT2D eigenvalue weighted by molar-refractivity contribution is 9.10. The van der Waals surface area contributed by atoms with Crippen LogP contribution in [-0.4, -0.2) is 24.5 Å². The Bertz CT molecular complexity index is 1500. The molecule has 1 fully saturated rings. The van der Waals surface area contributed by atoms with Crippen LogP contribution in [0.3, 0.4) is 0 Å². The van der Waals surface area contributed by atoms with E-state index in [1.165, 1.54) is 15.4 Å². The summed E-state index contributed by atoms with van der Waals surface area (Å²) in [5, 5.41) is 0. The largest absolute Gasteiger partial charge is 0.438 e. The molecule has 0 unspecified atom stereocenters. The quantitative estimate of drug-likeness (QED) is 0.237. The zero-order chi connectivity index (χ0) is 23.7. The van der Waals surface area contributed by atoms with E-state index < -0.39 is 0 Å². The van der Waals surface area contributed by atoms with Crippen LogP contribution in [0.15, 0.2) is 93.2 Å². The summed E-state index contributed by atoms with van der Waals surface area (Å²) in [7, 11) is 0. The molecular formula is C25H16BrN3O3S2. The van der Waals surface area contributed by atoms with Gasteiger partial charge in [-0.1, -0.05) is 76.3 Å². The third kappa shape index (κ3) is 4.54. The molecule has 5 rings (SSSR count). The summed E-state index contributed by atoms with van der Waals surface area (Å²) >= 11 is 10.0. The second-order valence-electron chi connectivity index (χ2n) is 7.37. The number of hydrogen-bond donors (Lipinski definition) is 0. The van der Waals surface area contributed by atoms with E-state index in [0.29, 0.717) is 27.2 Å². The molecule has 0 saturated carbocycles. The van der Waals surface area contributed by atoms with E-state index in [1.54, 1.807) is 36.5 Å². The lowest BCUT2D eigenvalue weighted by Crippen LogP contribution is -2.27. The number of carbonyl (C=O) groups is 1. The number of halogens is 1. The van der Waals surface area contributed by atoms with Gasteiger partial charge in [0.05, 0.1) is 11.4 Å². The van der Waals surface area contributed by atoms with Crippen molar-refractivity contribution in [1.82, 2.24) is 14.3 Å². The molecule has 3 heterocycles. The van der Waals surface area contributed by atoms with E-state index in [0.717, 1.165) is 21.8 Å². The van der Waals surface area contributed by atoms with Gasteiger partial charge in [0, 0.05) is 10.7 Å². The van der Waals surface area contributed by atoms with Gasteiger partial charge in [-0.15, -0.1) is 0 Å². The summed E-state index contributed by atoms with van der Waals surface area (Å²) in [5.41, 5.74) is 1.23. The third-order valence-electron chi connectivity index (χ3n) is 5.09. The van der Waals surface area contributed by atoms with Crippen molar-refractivity contribution in [2.24, 2.45) is 0 Å². The summed E-state index contributed by atoms with van der Waals surface area (Å²) in [5.74, 6) is 0.375. The van der Waals surface area contributed by atoms with Crippen molar-refractivity contribution in [2.75, 3.05) is 0 Å². The number of fused-ring (bicyclic) bond motifs is 1. The van der Waals surface area contributed by atoms with Crippen LogP contribution in [-0.2, 0) is 11.3 Å². The summed E-state index contributed by atoms with van der Waals surface area (Å²) in [6, 6.07) is 22.1. The van der Waals surface area contributed by atoms with Gasteiger partial charge in [0.25, 0.3) is 11.5 Å². The normalized spacial score (nSPS) is 14.9. The van der Waals surface area contributed by atoms with Gasteiger partial charge in [0.2, 0.25) is 5.88 Å². The average molecular weight is 550 g/mol. The molecule has 4 aromatic rings. The summed E-state index contributed by atoms with van der Waals surface area (Å²) in [6.07, 6.45) is 3.15. The molecule has 0 bridgehead atoms. The fourth-order valence-electron chi connectivity index (χ4n) is 3.43. The lowest BCUT2D eigenvalue weighted by atomic mass is 10.2. The van der Waals surface area contributed by atoms with E-state index in [2.05, 4.69) is 20.9 Å². The Morgan fingerprint density at radius 1 is 1.00 bits per heavy atom. The Kier molecular flexibility index (Phi) is 6.32. The molecule has 0 N–H and O–H groups in total. The molecule has 1 saturated heterocycles. The van der Waals surface area contributed by atoms with Crippen molar-refractivity contribution in [1.29, 1.82) is 0 Å². The molecule has 6 nitrogen and oxygen atoms in total. The van der Waals surface area contributed by atoms with Gasteiger partial charge in [0.15, 0.2) is 0 Å². The molecule has 1 aliphatic heterocycles. The zero-order valence-corrected chi connectivity index (χ0v) is 20.8. The van der Waals surface area contributed by atoms with E-state index in [1.807, 2.05) is 42.5 Å². The molecule has 1 amide bonds. The fourth-order valence-corrected chi connectivity index (χ4v) is 4.93. The zero-order valence-electron chi connectivity index (χ0n) is 17.6. The minimum absolute atomic E-state index is 0.117. The van der Waals surface area contributed by atoms with Gasteiger partial charge in [0.1, 0.15) is 21.3 Å². The van der Waals surface area contributed by atoms with Gasteiger partial charge < -0.3 is 4.74 Å². The van der Waals surface area contributed by atoms with Crippen LogP contribution in [0.5, 0.6) is 11.6 Å². The number of thioether (sulfide) groups is 1. The number of nitrogens with zero attached hydrogens (tertiary/aromatic N) is 3. The van der Waals surface area contributed by atoms with Crippen molar-refractivity contribution in [2.45, 2.75) is 6.54 Å². The van der Waals surface area contributed by atoms with Crippen molar-refractivity contribution < 1.29 is 9.53 Å². The molecule has 0 aliphatic carbocycles. The Morgan fingerprint density at radius 3 is 2.50 bits per heavy atom. The number of aromatic nitrogens is 2. The molecule has 34 heavy (non-hydrogen) atoms. The predicted molar refractivity (Wildman–Crippen MR) is 141 cm³/mol. The molecule has 2 aromatic heterocycles. The number of amides is 1. The summed E-state index contributed by atoms with van der Waals surface area (Å²) < 4.78 is 8.74. The highest BCUT2D eigenvalue weighted by atomic mass is 79.9. The SMILES string of the molecule is O=C1C(=Cc2c(Oc3ccc(Br)cc3)nc3ccccn3c2=O)SC(=S)N1Cc1ccccc1. The van der Waals surface area contributed by atoms with Crippen LogP contribution < -0.4 is 10.3 Å². The van der Waals surface area contributed by atoms with Crippen LogP contribution in [0, 0.1) is 0 Å². The number of benzene rings is 2. The number of rotatable bonds is 5. The maximum Gasteiger partial charge on any atom is 0.269 e. The maximum absolute atomic E-state index is 13.4.